The van der Waals surface area contributed by atoms with E-state index < -0.39 is 0 Å². The normalized spacial score (nSPS) is 10.1. The number of hydrogen-bond acceptors (Lipinski definition) is 3. The maximum absolute atomic E-state index is 13.6. The molecule has 0 saturated heterocycles. The van der Waals surface area contributed by atoms with Crippen LogP contribution in [0, 0.1) is 5.95 Å². The molecule has 0 atom stereocenters. The molecule has 0 radical (unpaired) electrons. The topological polar surface area (TPSA) is 47.7 Å². The number of aryl methyl sites for hydroxylation is 2. The Balaban J connectivity index is 0.00000144. The van der Waals surface area contributed by atoms with Crippen LogP contribution in [-0.4, -0.2) is 19.6 Å². The van der Waals surface area contributed by atoms with Crippen LogP contribution in [0.15, 0.2) is 18.5 Å². The van der Waals surface area contributed by atoms with E-state index in [1.54, 1.807) is 4.68 Å². The molecule has 2 aromatic rings. The predicted octanol–water partition coefficient (Wildman–Crippen LogP) is 1.81. The Labute approximate surface area is 105 Å². The molecule has 2 heterocycles. The molecule has 2 aromatic heterocycles. The van der Waals surface area contributed by atoms with E-state index in [1.165, 1.54) is 10.9 Å². The summed E-state index contributed by atoms with van der Waals surface area (Å²) in [6, 6.07) is 1.84. The zero-order chi connectivity index (χ0) is 11.5. The molecule has 0 saturated carbocycles. The number of anilines is 1. The molecule has 5 nitrogen and oxygen atoms in total. The summed E-state index contributed by atoms with van der Waals surface area (Å²) in [6.45, 7) is 2.78. The maximum atomic E-state index is 13.6. The van der Waals surface area contributed by atoms with E-state index in [9.17, 15) is 4.39 Å². The second-order valence-electron chi connectivity index (χ2n) is 3.50. The first-order valence-electron chi connectivity index (χ1n) is 5.14. The van der Waals surface area contributed by atoms with Crippen molar-refractivity contribution < 1.29 is 4.39 Å². The number of rotatable bonds is 4. The number of nitrogens with one attached hydrogen (secondary N) is 1. The number of aromatic nitrogens is 4. The van der Waals surface area contributed by atoms with Crippen LogP contribution in [0.5, 0.6) is 0 Å². The Hall–Kier alpha value is -1.56. The molecular formula is C10H15ClFN5. The zero-order valence-electron chi connectivity index (χ0n) is 9.72. The van der Waals surface area contributed by atoms with Crippen LogP contribution in [0.3, 0.4) is 0 Å². The molecule has 0 spiro atoms. The average molecular weight is 260 g/mol. The lowest BCUT2D eigenvalue weighted by molar-refractivity contribution is 0.465. The Kier molecular flexibility index (Phi) is 4.51. The van der Waals surface area contributed by atoms with Gasteiger partial charge in [-0.05, 0) is 6.92 Å². The Morgan fingerprint density at radius 2 is 2.24 bits per heavy atom. The van der Waals surface area contributed by atoms with Crippen molar-refractivity contribution in [2.24, 2.45) is 7.05 Å². The van der Waals surface area contributed by atoms with Crippen LogP contribution in [0.2, 0.25) is 0 Å². The molecule has 94 valence electrons. The van der Waals surface area contributed by atoms with Crippen molar-refractivity contribution in [3.63, 3.8) is 0 Å². The molecule has 0 aliphatic heterocycles. The van der Waals surface area contributed by atoms with Crippen molar-refractivity contribution in [1.29, 1.82) is 0 Å². The first kappa shape index (κ1) is 13.5. The number of halogens is 2. The van der Waals surface area contributed by atoms with Crippen molar-refractivity contribution in [3.8, 4) is 0 Å². The highest BCUT2D eigenvalue weighted by Gasteiger charge is 2.08. The van der Waals surface area contributed by atoms with E-state index in [0.29, 0.717) is 18.7 Å². The molecule has 0 unspecified atom stereocenters. The van der Waals surface area contributed by atoms with Gasteiger partial charge in [-0.3, -0.25) is 4.68 Å². The predicted molar refractivity (Wildman–Crippen MR) is 65.6 cm³/mol. The van der Waals surface area contributed by atoms with E-state index in [4.69, 9.17) is 0 Å². The van der Waals surface area contributed by atoms with E-state index in [2.05, 4.69) is 15.5 Å². The van der Waals surface area contributed by atoms with Crippen LogP contribution < -0.4 is 5.32 Å². The van der Waals surface area contributed by atoms with Crippen molar-refractivity contribution in [3.05, 3.63) is 30.0 Å². The van der Waals surface area contributed by atoms with Gasteiger partial charge in [0, 0.05) is 38.0 Å². The lowest BCUT2D eigenvalue weighted by atomic mass is 10.3. The smallest absolute Gasteiger partial charge is 0.216 e. The van der Waals surface area contributed by atoms with Gasteiger partial charge in [-0.15, -0.1) is 12.4 Å². The second kappa shape index (κ2) is 5.67. The number of nitrogens with zero attached hydrogens (tertiary/aromatic N) is 4. The van der Waals surface area contributed by atoms with E-state index in [1.807, 2.05) is 26.2 Å². The minimum Gasteiger partial charge on any atom is -0.364 e. The molecule has 7 heteroatoms. The summed E-state index contributed by atoms with van der Waals surface area (Å²) in [5, 5.41) is 11.1. The first-order chi connectivity index (χ1) is 7.70. The summed E-state index contributed by atoms with van der Waals surface area (Å²) in [5.41, 5.74) is 0.549. The van der Waals surface area contributed by atoms with E-state index in [-0.39, 0.29) is 18.4 Å². The molecule has 0 amide bonds. The third-order valence-corrected chi connectivity index (χ3v) is 2.32. The maximum Gasteiger partial charge on any atom is 0.216 e. The fourth-order valence-electron chi connectivity index (χ4n) is 1.44. The van der Waals surface area contributed by atoms with Crippen molar-refractivity contribution in [1.82, 2.24) is 19.6 Å². The van der Waals surface area contributed by atoms with Crippen LogP contribution >= 0.6 is 12.4 Å². The van der Waals surface area contributed by atoms with Crippen LogP contribution in [-0.2, 0) is 20.1 Å². The molecular weight excluding hydrogens is 245 g/mol. The molecule has 0 aliphatic carbocycles. The van der Waals surface area contributed by atoms with Crippen molar-refractivity contribution >= 4 is 18.2 Å². The fourth-order valence-corrected chi connectivity index (χ4v) is 1.44. The van der Waals surface area contributed by atoms with Gasteiger partial charge < -0.3 is 5.32 Å². The zero-order valence-corrected chi connectivity index (χ0v) is 10.5. The fraction of sp³-hybridized carbons (Fsp3) is 0.400. The van der Waals surface area contributed by atoms with Gasteiger partial charge in [-0.1, -0.05) is 0 Å². The van der Waals surface area contributed by atoms with E-state index in [0.717, 1.165) is 5.82 Å². The van der Waals surface area contributed by atoms with E-state index >= 15 is 0 Å². The summed E-state index contributed by atoms with van der Waals surface area (Å²) in [6.07, 6.45) is 3.36. The third-order valence-electron chi connectivity index (χ3n) is 2.32. The summed E-state index contributed by atoms with van der Waals surface area (Å²) < 4.78 is 16.6. The highest BCUT2D eigenvalue weighted by atomic mass is 35.5. The van der Waals surface area contributed by atoms with Gasteiger partial charge in [0.05, 0.1) is 6.20 Å². The molecule has 0 aromatic carbocycles. The van der Waals surface area contributed by atoms with Gasteiger partial charge in [0.15, 0.2) is 0 Å². The Morgan fingerprint density at radius 1 is 1.47 bits per heavy atom. The quantitative estimate of drug-likeness (QED) is 0.911. The summed E-state index contributed by atoms with van der Waals surface area (Å²) in [5.74, 6) is 0.442. The van der Waals surface area contributed by atoms with Crippen LogP contribution in [0.25, 0.3) is 0 Å². The molecule has 2 rings (SSSR count). The summed E-state index contributed by atoms with van der Waals surface area (Å²) in [7, 11) is 1.83. The Bertz CT molecular complexity index is 479. The summed E-state index contributed by atoms with van der Waals surface area (Å²) in [4.78, 5) is 0. The van der Waals surface area contributed by atoms with Crippen LogP contribution in [0.4, 0.5) is 10.2 Å². The monoisotopic (exact) mass is 259 g/mol. The van der Waals surface area contributed by atoms with Gasteiger partial charge >= 0.3 is 0 Å². The lowest BCUT2D eigenvalue weighted by Crippen LogP contribution is -2.04. The Morgan fingerprint density at radius 3 is 2.76 bits per heavy atom. The lowest BCUT2D eigenvalue weighted by Gasteiger charge is -2.01. The van der Waals surface area contributed by atoms with Gasteiger partial charge in [0.25, 0.3) is 0 Å². The van der Waals surface area contributed by atoms with Gasteiger partial charge in [0.2, 0.25) is 5.95 Å². The molecule has 0 bridgehead atoms. The first-order valence-corrected chi connectivity index (χ1v) is 5.14. The minimum atomic E-state index is -0.286. The molecule has 17 heavy (non-hydrogen) atoms. The second-order valence-corrected chi connectivity index (χ2v) is 3.50. The molecule has 1 N–H and O–H groups in total. The summed E-state index contributed by atoms with van der Waals surface area (Å²) >= 11 is 0. The SMILES string of the molecule is CCn1ncc(CNc2ccn(C)n2)c1F.Cl. The third kappa shape index (κ3) is 2.97. The van der Waals surface area contributed by atoms with Gasteiger partial charge in [-0.2, -0.15) is 14.6 Å². The standard InChI is InChI=1S/C10H14FN5.ClH/c1-3-16-10(11)8(7-13-16)6-12-9-4-5-15(2)14-9;/h4-5,7H,3,6H2,1-2H3,(H,12,14);1H. The average Bonchev–Trinajstić information content (AvgIpc) is 2.83. The largest absolute Gasteiger partial charge is 0.364 e. The van der Waals surface area contributed by atoms with Gasteiger partial charge in [0.1, 0.15) is 5.82 Å². The van der Waals surface area contributed by atoms with Crippen LogP contribution in [0.1, 0.15) is 12.5 Å². The highest BCUT2D eigenvalue weighted by molar-refractivity contribution is 5.85. The number of hydrogen-bond donors (Lipinski definition) is 1. The van der Waals surface area contributed by atoms with Crippen molar-refractivity contribution in [2.45, 2.75) is 20.0 Å². The van der Waals surface area contributed by atoms with Gasteiger partial charge in [-0.25, -0.2) is 4.68 Å². The van der Waals surface area contributed by atoms with Crippen molar-refractivity contribution in [2.75, 3.05) is 5.32 Å². The molecule has 0 fully saturated rings. The minimum absolute atomic E-state index is 0. The molecule has 0 aliphatic rings. The highest BCUT2D eigenvalue weighted by Crippen LogP contribution is 2.09.